The summed E-state index contributed by atoms with van der Waals surface area (Å²) in [6.45, 7) is 1.63. The van der Waals surface area contributed by atoms with Gasteiger partial charge in [0.05, 0.1) is 19.5 Å². The predicted octanol–water partition coefficient (Wildman–Crippen LogP) is 2.85. The van der Waals surface area contributed by atoms with Crippen molar-refractivity contribution in [3.8, 4) is 35.3 Å². The quantitative estimate of drug-likeness (QED) is 0.611. The number of carbonyl (C=O) groups excluding carboxylic acids is 2. The Labute approximate surface area is 192 Å². The number of alkyl carbamates (subject to hydrolysis) is 1. The summed E-state index contributed by atoms with van der Waals surface area (Å²) in [5, 5.41) is 11.6. The maximum absolute atomic E-state index is 12.8. The minimum atomic E-state index is -1.33. The molecule has 2 amide bonds. The van der Waals surface area contributed by atoms with Gasteiger partial charge in [-0.05, 0) is 29.2 Å². The number of carbonyl (C=O) groups is 3. The molecule has 1 aliphatic carbocycles. The van der Waals surface area contributed by atoms with Crippen LogP contribution in [0.2, 0.25) is 0 Å². The van der Waals surface area contributed by atoms with Gasteiger partial charge in [0.25, 0.3) is 0 Å². The van der Waals surface area contributed by atoms with Crippen LogP contribution in [0.3, 0.4) is 0 Å². The molecule has 0 bridgehead atoms. The topological polar surface area (TPSA) is 95.9 Å². The van der Waals surface area contributed by atoms with E-state index in [0.717, 1.165) is 22.3 Å². The molecule has 1 unspecified atom stereocenters. The van der Waals surface area contributed by atoms with Gasteiger partial charge >= 0.3 is 12.1 Å². The summed E-state index contributed by atoms with van der Waals surface area (Å²) >= 11 is 0. The lowest BCUT2D eigenvalue weighted by Gasteiger charge is -2.24. The van der Waals surface area contributed by atoms with Crippen LogP contribution in [-0.4, -0.2) is 53.7 Å². The Morgan fingerprint density at radius 3 is 2.24 bits per heavy atom. The number of fused-ring (bicyclic) bond motifs is 3. The number of rotatable bonds is 8. The smallest absolute Gasteiger partial charge is 0.407 e. The molecular weight excluding hydrogens is 420 g/mol. The van der Waals surface area contributed by atoms with E-state index >= 15 is 0 Å². The van der Waals surface area contributed by atoms with Gasteiger partial charge < -0.3 is 20.1 Å². The van der Waals surface area contributed by atoms with Gasteiger partial charge in [-0.2, -0.15) is 0 Å². The maximum atomic E-state index is 12.8. The maximum Gasteiger partial charge on any atom is 0.407 e. The minimum absolute atomic E-state index is 0.0298. The highest BCUT2D eigenvalue weighted by molar-refractivity contribution is 5.89. The number of amides is 2. The molecule has 3 rings (SSSR count). The standard InChI is InChI=1S/C26H24N2O5/c1-3-5-15-28(14-4-2)25(31)23(16-24(29)30)27-26(32)33-17-22-20-12-8-6-10-18(20)19-11-7-9-13-21(19)22/h2,6-13,22-23H,14-17H2,1H3,(H,27,32)(H,29,30). The van der Waals surface area contributed by atoms with Crippen LogP contribution >= 0.6 is 0 Å². The Hall–Kier alpha value is -4.23. The summed E-state index contributed by atoms with van der Waals surface area (Å²) in [6, 6.07) is 14.5. The van der Waals surface area contributed by atoms with E-state index in [2.05, 4.69) is 23.1 Å². The Morgan fingerprint density at radius 2 is 1.70 bits per heavy atom. The molecule has 1 aliphatic rings. The Kier molecular flexibility index (Phi) is 7.73. The average Bonchev–Trinajstić information content (AvgIpc) is 3.13. The van der Waals surface area contributed by atoms with E-state index in [1.54, 1.807) is 6.92 Å². The Bertz CT molecular complexity index is 1110. The van der Waals surface area contributed by atoms with Gasteiger partial charge in [0.2, 0.25) is 5.91 Å². The highest BCUT2D eigenvalue weighted by Gasteiger charge is 2.31. The van der Waals surface area contributed by atoms with Crippen molar-refractivity contribution in [2.24, 2.45) is 0 Å². The first-order valence-corrected chi connectivity index (χ1v) is 10.4. The number of hydrogen-bond acceptors (Lipinski definition) is 4. The molecule has 0 saturated carbocycles. The molecule has 33 heavy (non-hydrogen) atoms. The van der Waals surface area contributed by atoms with Crippen LogP contribution in [0.5, 0.6) is 0 Å². The Balaban J connectivity index is 1.71. The second-order valence-electron chi connectivity index (χ2n) is 7.45. The van der Waals surface area contributed by atoms with Crippen LogP contribution in [-0.2, 0) is 14.3 Å². The summed E-state index contributed by atoms with van der Waals surface area (Å²) in [6.07, 6.45) is 3.83. The van der Waals surface area contributed by atoms with Crippen molar-refractivity contribution in [2.75, 3.05) is 19.7 Å². The van der Waals surface area contributed by atoms with Gasteiger partial charge in [-0.3, -0.25) is 9.59 Å². The lowest BCUT2D eigenvalue weighted by molar-refractivity contribution is -0.142. The van der Waals surface area contributed by atoms with Crippen molar-refractivity contribution in [1.29, 1.82) is 0 Å². The Morgan fingerprint density at radius 1 is 1.09 bits per heavy atom. The van der Waals surface area contributed by atoms with E-state index < -0.39 is 30.4 Å². The molecule has 0 aliphatic heterocycles. The number of nitrogens with one attached hydrogen (secondary N) is 1. The monoisotopic (exact) mass is 444 g/mol. The molecule has 1 atom stereocenters. The van der Waals surface area contributed by atoms with Crippen molar-refractivity contribution >= 4 is 18.0 Å². The molecular formula is C26H24N2O5. The van der Waals surface area contributed by atoms with E-state index in [1.165, 1.54) is 4.90 Å². The number of hydrogen-bond donors (Lipinski definition) is 2. The fraction of sp³-hybridized carbons (Fsp3) is 0.269. The van der Waals surface area contributed by atoms with Crippen LogP contribution < -0.4 is 5.32 Å². The molecule has 0 heterocycles. The molecule has 0 fully saturated rings. The number of terminal acetylenes is 1. The van der Waals surface area contributed by atoms with Gasteiger partial charge in [-0.1, -0.05) is 60.4 Å². The van der Waals surface area contributed by atoms with E-state index in [4.69, 9.17) is 11.2 Å². The molecule has 0 spiro atoms. The van der Waals surface area contributed by atoms with Crippen LogP contribution in [0.4, 0.5) is 4.79 Å². The first kappa shape index (κ1) is 23.4. The van der Waals surface area contributed by atoms with Crippen molar-refractivity contribution in [1.82, 2.24) is 10.2 Å². The summed E-state index contributed by atoms with van der Waals surface area (Å²) in [5.41, 5.74) is 4.26. The second-order valence-corrected chi connectivity index (χ2v) is 7.45. The van der Waals surface area contributed by atoms with Crippen molar-refractivity contribution < 1.29 is 24.2 Å². The van der Waals surface area contributed by atoms with Crippen molar-refractivity contribution in [3.05, 3.63) is 59.7 Å². The van der Waals surface area contributed by atoms with E-state index in [0.29, 0.717) is 0 Å². The second kappa shape index (κ2) is 10.9. The zero-order valence-electron chi connectivity index (χ0n) is 18.2. The van der Waals surface area contributed by atoms with Gasteiger partial charge in [-0.25, -0.2) is 4.79 Å². The number of carboxylic acid groups (broad SMARTS) is 1. The number of ether oxygens (including phenoxy) is 1. The zero-order valence-corrected chi connectivity index (χ0v) is 18.2. The van der Waals surface area contributed by atoms with Crippen molar-refractivity contribution in [3.63, 3.8) is 0 Å². The van der Waals surface area contributed by atoms with Crippen molar-refractivity contribution in [2.45, 2.75) is 25.3 Å². The third kappa shape index (κ3) is 5.53. The third-order valence-corrected chi connectivity index (χ3v) is 5.35. The molecule has 7 heteroatoms. The number of carboxylic acids is 1. The minimum Gasteiger partial charge on any atom is -0.481 e. The summed E-state index contributed by atoms with van der Waals surface area (Å²) < 4.78 is 5.44. The van der Waals surface area contributed by atoms with E-state index in [-0.39, 0.29) is 25.6 Å². The normalized spacial score (nSPS) is 12.2. The summed E-state index contributed by atoms with van der Waals surface area (Å²) in [4.78, 5) is 37.9. The molecule has 2 N–H and O–H groups in total. The first-order chi connectivity index (χ1) is 16.0. The number of benzene rings is 2. The lowest BCUT2D eigenvalue weighted by Crippen LogP contribution is -2.50. The molecule has 2 aromatic carbocycles. The van der Waals surface area contributed by atoms with Crippen LogP contribution in [0.1, 0.15) is 30.4 Å². The fourth-order valence-corrected chi connectivity index (χ4v) is 3.87. The van der Waals surface area contributed by atoms with Gasteiger partial charge in [-0.15, -0.1) is 12.3 Å². The zero-order chi connectivity index (χ0) is 23.8. The summed E-state index contributed by atoms with van der Waals surface area (Å²) in [7, 11) is 0. The average molecular weight is 444 g/mol. The largest absolute Gasteiger partial charge is 0.481 e. The van der Waals surface area contributed by atoms with E-state index in [9.17, 15) is 19.5 Å². The highest BCUT2D eigenvalue weighted by Crippen LogP contribution is 2.44. The van der Waals surface area contributed by atoms with E-state index in [1.807, 2.05) is 48.5 Å². The van der Waals surface area contributed by atoms with Crippen LogP contribution in [0.25, 0.3) is 11.1 Å². The fourth-order valence-electron chi connectivity index (χ4n) is 3.87. The first-order valence-electron chi connectivity index (χ1n) is 10.4. The van der Waals surface area contributed by atoms with Gasteiger partial charge in [0, 0.05) is 5.92 Å². The molecule has 0 aromatic heterocycles. The lowest BCUT2D eigenvalue weighted by atomic mass is 9.98. The SMILES string of the molecule is C#CCN(CC#CC)C(=O)C(CC(=O)O)NC(=O)OCC1c2ccccc2-c2ccccc21. The molecule has 168 valence electrons. The number of aliphatic carboxylic acids is 1. The van der Waals surface area contributed by atoms with Crippen LogP contribution in [0, 0.1) is 24.2 Å². The molecule has 7 nitrogen and oxygen atoms in total. The van der Waals surface area contributed by atoms with Gasteiger partial charge in [0.1, 0.15) is 12.6 Å². The van der Waals surface area contributed by atoms with Gasteiger partial charge in [0.15, 0.2) is 0 Å². The predicted molar refractivity (Wildman–Crippen MR) is 123 cm³/mol. The van der Waals surface area contributed by atoms with Crippen LogP contribution in [0.15, 0.2) is 48.5 Å². The molecule has 0 radical (unpaired) electrons. The third-order valence-electron chi connectivity index (χ3n) is 5.35. The molecule has 2 aromatic rings. The highest BCUT2D eigenvalue weighted by atomic mass is 16.5. The summed E-state index contributed by atoms with van der Waals surface area (Å²) in [5.74, 6) is 5.70. The molecule has 0 saturated heterocycles. The number of nitrogens with zero attached hydrogens (tertiary/aromatic N) is 1.